The number of halogens is 2. The molecule has 0 unspecified atom stereocenters. The van der Waals surface area contributed by atoms with Gasteiger partial charge in [-0.15, -0.1) is 0 Å². The SMILES string of the molecule is CC(C)(CC(=O)O)CC(=O)NCc1ccc(F)cc1F. The van der Waals surface area contributed by atoms with E-state index in [1.165, 1.54) is 6.07 Å². The van der Waals surface area contributed by atoms with E-state index in [4.69, 9.17) is 5.11 Å². The minimum absolute atomic E-state index is 0.0160. The topological polar surface area (TPSA) is 66.4 Å². The molecule has 2 N–H and O–H groups in total. The van der Waals surface area contributed by atoms with Gasteiger partial charge in [-0.25, -0.2) is 8.78 Å². The molecular formula is C14H17F2NO3. The standard InChI is InChI=1S/C14H17F2NO3/c1-14(2,7-13(19)20)6-12(18)17-8-9-3-4-10(15)5-11(9)16/h3-5H,6-8H2,1-2H3,(H,17,18)(H,19,20). The van der Waals surface area contributed by atoms with E-state index in [0.29, 0.717) is 0 Å². The molecule has 0 aromatic heterocycles. The molecule has 0 spiro atoms. The third-order valence-electron chi connectivity index (χ3n) is 2.76. The van der Waals surface area contributed by atoms with E-state index in [-0.39, 0.29) is 30.9 Å². The molecule has 0 aliphatic carbocycles. The predicted molar refractivity (Wildman–Crippen MR) is 68.9 cm³/mol. The zero-order chi connectivity index (χ0) is 15.3. The van der Waals surface area contributed by atoms with Crippen molar-refractivity contribution in [3.05, 3.63) is 35.4 Å². The van der Waals surface area contributed by atoms with Crippen LogP contribution in [0.2, 0.25) is 0 Å². The smallest absolute Gasteiger partial charge is 0.303 e. The summed E-state index contributed by atoms with van der Waals surface area (Å²) in [6.45, 7) is 3.27. The van der Waals surface area contributed by atoms with Crippen molar-refractivity contribution >= 4 is 11.9 Å². The van der Waals surface area contributed by atoms with Crippen LogP contribution >= 0.6 is 0 Å². The first-order chi connectivity index (χ1) is 9.19. The highest BCUT2D eigenvalue weighted by Crippen LogP contribution is 2.24. The lowest BCUT2D eigenvalue weighted by molar-refractivity contribution is -0.139. The highest BCUT2D eigenvalue weighted by Gasteiger charge is 2.25. The van der Waals surface area contributed by atoms with Crippen LogP contribution in [0.15, 0.2) is 18.2 Å². The zero-order valence-electron chi connectivity index (χ0n) is 11.4. The van der Waals surface area contributed by atoms with Crippen molar-refractivity contribution in [2.75, 3.05) is 0 Å². The van der Waals surface area contributed by atoms with Gasteiger partial charge >= 0.3 is 5.97 Å². The van der Waals surface area contributed by atoms with Crippen LogP contribution in [0.5, 0.6) is 0 Å². The summed E-state index contributed by atoms with van der Waals surface area (Å²) in [4.78, 5) is 22.3. The number of rotatable bonds is 6. The molecule has 4 nitrogen and oxygen atoms in total. The van der Waals surface area contributed by atoms with Gasteiger partial charge in [-0.3, -0.25) is 9.59 Å². The Kier molecular flexibility index (Phi) is 5.19. The molecule has 0 atom stereocenters. The number of amides is 1. The van der Waals surface area contributed by atoms with Crippen molar-refractivity contribution in [2.45, 2.75) is 33.2 Å². The third-order valence-corrected chi connectivity index (χ3v) is 2.76. The van der Waals surface area contributed by atoms with Gasteiger partial charge in [0.05, 0.1) is 6.42 Å². The second-order valence-electron chi connectivity index (χ2n) is 5.42. The summed E-state index contributed by atoms with van der Waals surface area (Å²) < 4.78 is 26.0. The molecule has 20 heavy (non-hydrogen) atoms. The second kappa shape index (κ2) is 6.45. The van der Waals surface area contributed by atoms with Gasteiger partial charge < -0.3 is 10.4 Å². The molecule has 1 aromatic rings. The van der Waals surface area contributed by atoms with Crippen LogP contribution in [0.3, 0.4) is 0 Å². The van der Waals surface area contributed by atoms with Gasteiger partial charge in [0.1, 0.15) is 11.6 Å². The summed E-state index contributed by atoms with van der Waals surface area (Å²) in [5, 5.41) is 11.2. The van der Waals surface area contributed by atoms with E-state index in [0.717, 1.165) is 12.1 Å². The van der Waals surface area contributed by atoms with Crippen LogP contribution in [0.4, 0.5) is 8.78 Å². The van der Waals surface area contributed by atoms with Crippen LogP contribution in [0.1, 0.15) is 32.3 Å². The number of carbonyl (C=O) groups is 2. The molecule has 1 rings (SSSR count). The number of carbonyl (C=O) groups excluding carboxylic acids is 1. The molecule has 0 heterocycles. The Morgan fingerprint density at radius 1 is 1.25 bits per heavy atom. The maximum absolute atomic E-state index is 13.3. The van der Waals surface area contributed by atoms with E-state index >= 15 is 0 Å². The lowest BCUT2D eigenvalue weighted by atomic mass is 9.85. The average Bonchev–Trinajstić information content (AvgIpc) is 2.24. The third kappa shape index (κ3) is 5.34. The van der Waals surface area contributed by atoms with Crippen molar-refractivity contribution in [2.24, 2.45) is 5.41 Å². The number of carboxylic acid groups (broad SMARTS) is 1. The molecule has 0 fully saturated rings. The van der Waals surface area contributed by atoms with Crippen molar-refractivity contribution in [1.82, 2.24) is 5.32 Å². The van der Waals surface area contributed by atoms with E-state index in [1.54, 1.807) is 13.8 Å². The summed E-state index contributed by atoms with van der Waals surface area (Å²) in [6, 6.07) is 3.11. The first-order valence-corrected chi connectivity index (χ1v) is 6.12. The summed E-state index contributed by atoms with van der Waals surface area (Å²) in [7, 11) is 0. The Bertz CT molecular complexity index is 515. The predicted octanol–water partition coefficient (Wildman–Crippen LogP) is 2.47. The summed E-state index contributed by atoms with van der Waals surface area (Å²) in [5.41, 5.74) is -0.507. The Hall–Kier alpha value is -1.98. The van der Waals surface area contributed by atoms with E-state index in [9.17, 15) is 18.4 Å². The maximum Gasteiger partial charge on any atom is 0.303 e. The van der Waals surface area contributed by atoms with Crippen molar-refractivity contribution in [1.29, 1.82) is 0 Å². The lowest BCUT2D eigenvalue weighted by Crippen LogP contribution is -2.30. The second-order valence-corrected chi connectivity index (χ2v) is 5.42. The van der Waals surface area contributed by atoms with E-state index in [1.807, 2.05) is 0 Å². The maximum atomic E-state index is 13.3. The number of carboxylic acids is 1. The molecule has 0 aliphatic heterocycles. The van der Waals surface area contributed by atoms with Crippen molar-refractivity contribution in [3.63, 3.8) is 0 Å². The quantitative estimate of drug-likeness (QED) is 0.843. The lowest BCUT2D eigenvalue weighted by Gasteiger charge is -2.21. The molecule has 1 amide bonds. The Balaban J connectivity index is 2.53. The summed E-state index contributed by atoms with van der Waals surface area (Å²) in [6.07, 6.45) is -0.118. The highest BCUT2D eigenvalue weighted by molar-refractivity contribution is 5.77. The fraction of sp³-hybridized carbons (Fsp3) is 0.429. The van der Waals surface area contributed by atoms with Gasteiger partial charge in [-0.2, -0.15) is 0 Å². The average molecular weight is 285 g/mol. The van der Waals surface area contributed by atoms with E-state index in [2.05, 4.69) is 5.32 Å². The number of hydrogen-bond acceptors (Lipinski definition) is 2. The molecule has 1 aromatic carbocycles. The molecule has 0 radical (unpaired) electrons. The van der Waals surface area contributed by atoms with Crippen molar-refractivity contribution in [3.8, 4) is 0 Å². The molecule has 0 saturated heterocycles. The molecule has 0 aliphatic rings. The number of nitrogens with one attached hydrogen (secondary N) is 1. The normalized spacial score (nSPS) is 11.2. The fourth-order valence-electron chi connectivity index (χ4n) is 1.83. The first-order valence-electron chi connectivity index (χ1n) is 6.12. The first kappa shape index (κ1) is 16.1. The molecule has 6 heteroatoms. The molecule has 0 bridgehead atoms. The van der Waals surface area contributed by atoms with Crippen LogP contribution in [0.25, 0.3) is 0 Å². The van der Waals surface area contributed by atoms with Crippen LogP contribution in [0, 0.1) is 17.0 Å². The van der Waals surface area contributed by atoms with Gasteiger partial charge in [-0.05, 0) is 11.5 Å². The van der Waals surface area contributed by atoms with Crippen LogP contribution < -0.4 is 5.32 Å². The van der Waals surface area contributed by atoms with Gasteiger partial charge in [0.2, 0.25) is 5.91 Å². The zero-order valence-corrected chi connectivity index (χ0v) is 11.4. The van der Waals surface area contributed by atoms with Gasteiger partial charge in [0, 0.05) is 24.6 Å². The largest absolute Gasteiger partial charge is 0.481 e. The van der Waals surface area contributed by atoms with Crippen LogP contribution in [-0.2, 0) is 16.1 Å². The summed E-state index contributed by atoms with van der Waals surface area (Å²) in [5.74, 6) is -2.76. The number of aliphatic carboxylic acids is 1. The molecule has 0 saturated carbocycles. The monoisotopic (exact) mass is 285 g/mol. The number of hydrogen-bond donors (Lipinski definition) is 2. The highest BCUT2D eigenvalue weighted by atomic mass is 19.1. The Morgan fingerprint density at radius 3 is 2.45 bits per heavy atom. The fourth-order valence-corrected chi connectivity index (χ4v) is 1.83. The Morgan fingerprint density at radius 2 is 1.90 bits per heavy atom. The van der Waals surface area contributed by atoms with Crippen molar-refractivity contribution < 1.29 is 23.5 Å². The Labute approximate surface area is 115 Å². The molecule has 110 valence electrons. The van der Waals surface area contributed by atoms with Crippen LogP contribution in [-0.4, -0.2) is 17.0 Å². The van der Waals surface area contributed by atoms with Gasteiger partial charge in [0.25, 0.3) is 0 Å². The summed E-state index contributed by atoms with van der Waals surface area (Å²) >= 11 is 0. The van der Waals surface area contributed by atoms with Gasteiger partial charge in [-0.1, -0.05) is 19.9 Å². The minimum atomic E-state index is -0.979. The minimum Gasteiger partial charge on any atom is -0.481 e. The van der Waals surface area contributed by atoms with Gasteiger partial charge in [0.15, 0.2) is 0 Å². The number of benzene rings is 1. The molecular weight excluding hydrogens is 268 g/mol. The van der Waals surface area contributed by atoms with E-state index < -0.39 is 23.0 Å².